The SMILES string of the molecule is CNC(C)C(c1nc(-c2occc2C)no1)C(C)C. The molecular formula is C14H21N3O2. The highest BCUT2D eigenvalue weighted by atomic mass is 16.5. The van der Waals surface area contributed by atoms with Gasteiger partial charge in [-0.1, -0.05) is 19.0 Å². The molecule has 2 aromatic rings. The molecule has 2 rings (SSSR count). The molecule has 0 aliphatic rings. The van der Waals surface area contributed by atoms with Gasteiger partial charge in [0.15, 0.2) is 5.76 Å². The lowest BCUT2D eigenvalue weighted by Gasteiger charge is -2.23. The van der Waals surface area contributed by atoms with Crippen LogP contribution in [0.4, 0.5) is 0 Å². The van der Waals surface area contributed by atoms with Gasteiger partial charge in [-0.2, -0.15) is 4.98 Å². The molecule has 0 spiro atoms. The Bertz CT molecular complexity index is 530. The maximum atomic E-state index is 5.43. The van der Waals surface area contributed by atoms with Crippen molar-refractivity contribution in [2.24, 2.45) is 5.92 Å². The zero-order chi connectivity index (χ0) is 14.0. The highest BCUT2D eigenvalue weighted by Crippen LogP contribution is 2.29. The second-order valence-electron chi connectivity index (χ2n) is 5.24. The summed E-state index contributed by atoms with van der Waals surface area (Å²) in [4.78, 5) is 4.49. The van der Waals surface area contributed by atoms with Gasteiger partial charge in [0.1, 0.15) is 0 Å². The molecule has 2 aromatic heterocycles. The third-order valence-electron chi connectivity index (χ3n) is 3.50. The number of aryl methyl sites for hydroxylation is 1. The first-order valence-electron chi connectivity index (χ1n) is 6.60. The summed E-state index contributed by atoms with van der Waals surface area (Å²) in [5.74, 6) is 2.44. The van der Waals surface area contributed by atoms with Gasteiger partial charge in [0.05, 0.1) is 12.2 Å². The van der Waals surface area contributed by atoms with Crippen molar-refractivity contribution in [1.82, 2.24) is 15.5 Å². The quantitative estimate of drug-likeness (QED) is 0.898. The lowest BCUT2D eigenvalue weighted by Crippen LogP contribution is -2.32. The Hall–Kier alpha value is -1.62. The summed E-state index contributed by atoms with van der Waals surface area (Å²) in [5, 5.41) is 7.28. The Kier molecular flexibility index (Phi) is 4.04. The average molecular weight is 263 g/mol. The molecule has 5 nitrogen and oxygen atoms in total. The highest BCUT2D eigenvalue weighted by molar-refractivity contribution is 5.51. The summed E-state index contributed by atoms with van der Waals surface area (Å²) in [6.07, 6.45) is 1.64. The van der Waals surface area contributed by atoms with E-state index in [-0.39, 0.29) is 12.0 Å². The van der Waals surface area contributed by atoms with Gasteiger partial charge >= 0.3 is 0 Å². The van der Waals surface area contributed by atoms with Crippen molar-refractivity contribution in [2.45, 2.75) is 39.7 Å². The minimum Gasteiger partial charge on any atom is -0.461 e. The number of likely N-dealkylation sites (N-methyl/N-ethyl adjacent to an activating group) is 1. The van der Waals surface area contributed by atoms with E-state index in [1.54, 1.807) is 6.26 Å². The van der Waals surface area contributed by atoms with Crippen LogP contribution in [0, 0.1) is 12.8 Å². The van der Waals surface area contributed by atoms with Crippen LogP contribution in [-0.4, -0.2) is 23.2 Å². The smallest absolute Gasteiger partial charge is 0.238 e. The normalized spacial score (nSPS) is 14.8. The fraction of sp³-hybridized carbons (Fsp3) is 0.571. The molecule has 0 radical (unpaired) electrons. The number of rotatable bonds is 5. The molecule has 0 aliphatic carbocycles. The lowest BCUT2D eigenvalue weighted by molar-refractivity contribution is 0.285. The van der Waals surface area contributed by atoms with E-state index in [4.69, 9.17) is 8.94 Å². The fourth-order valence-corrected chi connectivity index (χ4v) is 2.32. The van der Waals surface area contributed by atoms with Crippen LogP contribution < -0.4 is 5.32 Å². The molecular weight excluding hydrogens is 242 g/mol. The number of furan rings is 1. The number of aromatic nitrogens is 2. The monoisotopic (exact) mass is 263 g/mol. The standard InChI is InChI=1S/C14H21N3O2/c1-8(2)11(10(4)15-5)14-16-13(17-19-14)12-9(3)6-7-18-12/h6-8,10-11,15H,1-5H3. The van der Waals surface area contributed by atoms with Gasteiger partial charge in [0.25, 0.3) is 0 Å². The highest BCUT2D eigenvalue weighted by Gasteiger charge is 2.28. The van der Waals surface area contributed by atoms with Crippen molar-refractivity contribution in [3.63, 3.8) is 0 Å². The first-order valence-corrected chi connectivity index (χ1v) is 6.60. The molecule has 0 fully saturated rings. The van der Waals surface area contributed by atoms with Crippen LogP contribution in [0.15, 0.2) is 21.3 Å². The van der Waals surface area contributed by atoms with E-state index in [1.807, 2.05) is 20.0 Å². The molecule has 1 N–H and O–H groups in total. The molecule has 0 amide bonds. The van der Waals surface area contributed by atoms with E-state index in [0.717, 1.165) is 5.56 Å². The number of nitrogens with zero attached hydrogens (tertiary/aromatic N) is 2. The maximum absolute atomic E-state index is 5.43. The van der Waals surface area contributed by atoms with Crippen LogP contribution >= 0.6 is 0 Å². The fourth-order valence-electron chi connectivity index (χ4n) is 2.32. The molecule has 0 bridgehead atoms. The summed E-state index contributed by atoms with van der Waals surface area (Å²) >= 11 is 0. The van der Waals surface area contributed by atoms with E-state index < -0.39 is 0 Å². The van der Waals surface area contributed by atoms with Crippen molar-refractivity contribution >= 4 is 0 Å². The zero-order valence-corrected chi connectivity index (χ0v) is 12.1. The van der Waals surface area contributed by atoms with Crippen molar-refractivity contribution in [3.8, 4) is 11.6 Å². The van der Waals surface area contributed by atoms with Crippen LogP contribution in [0.25, 0.3) is 11.6 Å². The summed E-state index contributed by atoms with van der Waals surface area (Å²) in [6.45, 7) is 8.39. The van der Waals surface area contributed by atoms with Gasteiger partial charge in [0, 0.05) is 6.04 Å². The summed E-state index contributed by atoms with van der Waals surface area (Å²) < 4.78 is 10.8. The summed E-state index contributed by atoms with van der Waals surface area (Å²) in [5.41, 5.74) is 1.01. The van der Waals surface area contributed by atoms with Crippen LogP contribution in [0.5, 0.6) is 0 Å². The van der Waals surface area contributed by atoms with Crippen LogP contribution in [0.2, 0.25) is 0 Å². The Morgan fingerprint density at radius 3 is 2.53 bits per heavy atom. The third-order valence-corrected chi connectivity index (χ3v) is 3.50. The van der Waals surface area contributed by atoms with E-state index in [0.29, 0.717) is 23.4 Å². The second kappa shape index (κ2) is 5.57. The molecule has 2 atom stereocenters. The van der Waals surface area contributed by atoms with Gasteiger partial charge < -0.3 is 14.3 Å². The Morgan fingerprint density at radius 2 is 2.00 bits per heavy atom. The largest absolute Gasteiger partial charge is 0.461 e. The lowest BCUT2D eigenvalue weighted by atomic mass is 9.89. The van der Waals surface area contributed by atoms with Crippen LogP contribution in [-0.2, 0) is 0 Å². The number of hydrogen-bond acceptors (Lipinski definition) is 5. The molecule has 0 saturated heterocycles. The predicted octanol–water partition coefficient (Wildman–Crippen LogP) is 2.99. The van der Waals surface area contributed by atoms with E-state index in [2.05, 4.69) is 36.2 Å². The zero-order valence-electron chi connectivity index (χ0n) is 12.1. The van der Waals surface area contributed by atoms with Crippen molar-refractivity contribution in [3.05, 3.63) is 23.8 Å². The minimum atomic E-state index is 0.182. The van der Waals surface area contributed by atoms with Gasteiger partial charge in [0.2, 0.25) is 11.7 Å². The van der Waals surface area contributed by atoms with Crippen molar-refractivity contribution in [1.29, 1.82) is 0 Å². The molecule has 0 saturated carbocycles. The molecule has 2 unspecified atom stereocenters. The first-order chi connectivity index (χ1) is 9.04. The third kappa shape index (κ3) is 2.71. The minimum absolute atomic E-state index is 0.182. The van der Waals surface area contributed by atoms with Gasteiger partial charge in [-0.15, -0.1) is 0 Å². The van der Waals surface area contributed by atoms with E-state index >= 15 is 0 Å². The van der Waals surface area contributed by atoms with Gasteiger partial charge in [-0.3, -0.25) is 0 Å². The van der Waals surface area contributed by atoms with Gasteiger partial charge in [-0.25, -0.2) is 0 Å². The van der Waals surface area contributed by atoms with Gasteiger partial charge in [-0.05, 0) is 38.4 Å². The Morgan fingerprint density at radius 1 is 1.26 bits per heavy atom. The predicted molar refractivity (Wildman–Crippen MR) is 72.8 cm³/mol. The molecule has 5 heteroatoms. The maximum Gasteiger partial charge on any atom is 0.238 e. The Balaban J connectivity index is 2.31. The molecule has 0 aliphatic heterocycles. The topological polar surface area (TPSA) is 64.1 Å². The van der Waals surface area contributed by atoms with Crippen LogP contribution in [0.3, 0.4) is 0 Å². The van der Waals surface area contributed by atoms with Crippen molar-refractivity contribution < 1.29 is 8.94 Å². The van der Waals surface area contributed by atoms with Crippen LogP contribution in [0.1, 0.15) is 38.1 Å². The first kappa shape index (κ1) is 13.8. The molecule has 104 valence electrons. The van der Waals surface area contributed by atoms with E-state index in [1.165, 1.54) is 0 Å². The Labute approximate surface area is 113 Å². The van der Waals surface area contributed by atoms with E-state index in [9.17, 15) is 0 Å². The summed E-state index contributed by atoms with van der Waals surface area (Å²) in [6, 6.07) is 2.16. The molecule has 19 heavy (non-hydrogen) atoms. The second-order valence-corrected chi connectivity index (χ2v) is 5.24. The average Bonchev–Trinajstić information content (AvgIpc) is 2.97. The number of hydrogen-bond donors (Lipinski definition) is 1. The number of nitrogens with one attached hydrogen (secondary N) is 1. The van der Waals surface area contributed by atoms with Crippen molar-refractivity contribution in [2.75, 3.05) is 7.05 Å². The molecule has 2 heterocycles. The molecule has 0 aromatic carbocycles. The summed E-state index contributed by atoms with van der Waals surface area (Å²) in [7, 11) is 1.94.